The summed E-state index contributed by atoms with van der Waals surface area (Å²) >= 11 is 5.22. The van der Waals surface area contributed by atoms with Crippen LogP contribution in [0.1, 0.15) is 15.9 Å². The van der Waals surface area contributed by atoms with E-state index in [0.29, 0.717) is 16.9 Å². The van der Waals surface area contributed by atoms with Crippen molar-refractivity contribution in [2.75, 3.05) is 20.6 Å². The van der Waals surface area contributed by atoms with Crippen LogP contribution in [0.2, 0.25) is 0 Å². The fourth-order valence-electron chi connectivity index (χ4n) is 2.93. The number of nitrogens with one attached hydrogen (secondary N) is 2. The molecule has 1 atom stereocenters. The van der Waals surface area contributed by atoms with E-state index in [4.69, 9.17) is 12.2 Å². The van der Waals surface area contributed by atoms with Crippen LogP contribution < -0.4 is 5.32 Å². The Balaban J connectivity index is 1.62. The Bertz CT molecular complexity index is 929. The molecule has 0 fully saturated rings. The molecule has 2 N–H and O–H groups in total. The van der Waals surface area contributed by atoms with E-state index in [2.05, 4.69) is 27.3 Å². The number of hydrogen-bond donors (Lipinski definition) is 2. The van der Waals surface area contributed by atoms with E-state index in [0.717, 1.165) is 12.1 Å². The van der Waals surface area contributed by atoms with Crippen molar-refractivity contribution < 1.29 is 4.79 Å². The van der Waals surface area contributed by atoms with Crippen LogP contribution in [0.5, 0.6) is 0 Å². The maximum absolute atomic E-state index is 12.5. The molecule has 5 nitrogen and oxygen atoms in total. The number of rotatable bonds is 7. The average Bonchev–Trinajstić information content (AvgIpc) is 3.11. The molecule has 0 spiro atoms. The van der Waals surface area contributed by atoms with Crippen LogP contribution in [0.25, 0.3) is 5.69 Å². The first-order chi connectivity index (χ1) is 13.0. The minimum Gasteiger partial charge on any atom is -0.350 e. The molecule has 0 unspecified atom stereocenters. The number of imidazole rings is 1. The van der Waals surface area contributed by atoms with Gasteiger partial charge >= 0.3 is 0 Å². The molecule has 0 saturated carbocycles. The highest BCUT2D eigenvalue weighted by molar-refractivity contribution is 7.71. The largest absolute Gasteiger partial charge is 0.350 e. The molecule has 0 radical (unpaired) electrons. The van der Waals surface area contributed by atoms with E-state index >= 15 is 0 Å². The van der Waals surface area contributed by atoms with Crippen molar-refractivity contribution in [1.82, 2.24) is 19.8 Å². The lowest BCUT2D eigenvalue weighted by Gasteiger charge is -2.24. The number of hydrogen-bond acceptors (Lipinski definition) is 3. The number of benzene rings is 2. The second kappa shape index (κ2) is 8.79. The first kappa shape index (κ1) is 19.1. The molecule has 0 aliphatic rings. The molecule has 1 aromatic heterocycles. The molecule has 0 aliphatic carbocycles. The number of aromatic nitrogens is 2. The zero-order chi connectivity index (χ0) is 19.2. The minimum absolute atomic E-state index is 0.0703. The minimum atomic E-state index is -0.0703. The van der Waals surface area contributed by atoms with Crippen LogP contribution in [0, 0.1) is 4.77 Å². The molecule has 2 aromatic carbocycles. The molecule has 0 saturated heterocycles. The predicted octanol–water partition coefficient (Wildman–Crippen LogP) is 3.44. The summed E-state index contributed by atoms with van der Waals surface area (Å²) in [6.45, 7) is 0.589. The third kappa shape index (κ3) is 4.93. The van der Waals surface area contributed by atoms with Crippen molar-refractivity contribution in [2.24, 2.45) is 0 Å². The SMILES string of the molecule is CN(C)[C@@H](CNC(=O)c1ccc(-n2cc[nH]c2=S)cc1)Cc1ccccc1. The maximum Gasteiger partial charge on any atom is 0.251 e. The first-order valence-electron chi connectivity index (χ1n) is 8.89. The van der Waals surface area contributed by atoms with E-state index in [1.807, 2.05) is 67.3 Å². The summed E-state index contributed by atoms with van der Waals surface area (Å²) in [5, 5.41) is 3.05. The topological polar surface area (TPSA) is 53.1 Å². The van der Waals surface area contributed by atoms with Crippen molar-refractivity contribution in [1.29, 1.82) is 0 Å². The summed E-state index contributed by atoms with van der Waals surface area (Å²) in [5.74, 6) is -0.0703. The van der Waals surface area contributed by atoms with E-state index in [9.17, 15) is 4.79 Å². The fraction of sp³-hybridized carbons (Fsp3) is 0.238. The standard InChI is InChI=1S/C21H24N4OS/c1-24(2)19(14-16-6-4-3-5-7-16)15-23-20(26)17-8-10-18(11-9-17)25-13-12-22-21(25)27/h3-13,19H,14-15H2,1-2H3,(H,22,27)(H,23,26)/t19-/m1/s1. The molecule has 3 rings (SSSR count). The zero-order valence-corrected chi connectivity index (χ0v) is 16.4. The van der Waals surface area contributed by atoms with Gasteiger partial charge in [-0.05, 0) is 62.6 Å². The van der Waals surface area contributed by atoms with Crippen LogP contribution >= 0.6 is 12.2 Å². The number of amides is 1. The van der Waals surface area contributed by atoms with Crippen LogP contribution in [0.3, 0.4) is 0 Å². The highest BCUT2D eigenvalue weighted by Gasteiger charge is 2.14. The van der Waals surface area contributed by atoms with Gasteiger partial charge in [0.05, 0.1) is 0 Å². The van der Waals surface area contributed by atoms with Gasteiger partial charge in [-0.2, -0.15) is 0 Å². The van der Waals surface area contributed by atoms with Crippen molar-refractivity contribution >= 4 is 18.1 Å². The fourth-order valence-corrected chi connectivity index (χ4v) is 3.17. The van der Waals surface area contributed by atoms with Crippen molar-refractivity contribution in [3.05, 3.63) is 82.9 Å². The predicted molar refractivity (Wildman–Crippen MR) is 111 cm³/mol. The summed E-state index contributed by atoms with van der Waals surface area (Å²) < 4.78 is 2.49. The lowest BCUT2D eigenvalue weighted by molar-refractivity contribution is 0.0941. The number of carbonyl (C=O) groups is 1. The molecule has 3 aromatic rings. The Hall–Kier alpha value is -2.70. The number of aromatic amines is 1. The Kier molecular flexibility index (Phi) is 6.21. The maximum atomic E-state index is 12.5. The highest BCUT2D eigenvalue weighted by atomic mass is 32.1. The second-order valence-corrected chi connectivity index (χ2v) is 7.09. The molecular formula is C21H24N4OS. The van der Waals surface area contributed by atoms with Crippen LogP contribution in [-0.2, 0) is 6.42 Å². The Morgan fingerprint density at radius 3 is 2.44 bits per heavy atom. The number of carbonyl (C=O) groups excluding carboxylic acids is 1. The van der Waals surface area contributed by atoms with Gasteiger partial charge < -0.3 is 15.2 Å². The second-order valence-electron chi connectivity index (χ2n) is 6.70. The van der Waals surface area contributed by atoms with E-state index < -0.39 is 0 Å². The van der Waals surface area contributed by atoms with Crippen LogP contribution in [0.4, 0.5) is 0 Å². The monoisotopic (exact) mass is 380 g/mol. The number of nitrogens with zero attached hydrogens (tertiary/aromatic N) is 2. The van der Waals surface area contributed by atoms with Crippen LogP contribution in [0.15, 0.2) is 67.0 Å². The van der Waals surface area contributed by atoms with Gasteiger partial charge in [-0.3, -0.25) is 9.36 Å². The molecule has 0 aliphatic heterocycles. The van der Waals surface area contributed by atoms with Gasteiger partial charge in [-0.25, -0.2) is 0 Å². The van der Waals surface area contributed by atoms with E-state index in [1.165, 1.54) is 5.56 Å². The van der Waals surface area contributed by atoms with Crippen molar-refractivity contribution in [3.63, 3.8) is 0 Å². The van der Waals surface area contributed by atoms with Gasteiger partial charge in [-0.15, -0.1) is 0 Å². The van der Waals surface area contributed by atoms with E-state index in [-0.39, 0.29) is 11.9 Å². The quantitative estimate of drug-likeness (QED) is 0.618. The molecule has 27 heavy (non-hydrogen) atoms. The third-order valence-electron chi connectivity index (χ3n) is 4.60. The first-order valence-corrected chi connectivity index (χ1v) is 9.30. The molecule has 1 heterocycles. The molecule has 1 amide bonds. The average molecular weight is 381 g/mol. The lowest BCUT2D eigenvalue weighted by atomic mass is 10.0. The summed E-state index contributed by atoms with van der Waals surface area (Å²) in [7, 11) is 4.07. The summed E-state index contributed by atoms with van der Waals surface area (Å²) in [5.41, 5.74) is 2.82. The van der Waals surface area contributed by atoms with Gasteiger partial charge in [0.25, 0.3) is 5.91 Å². The summed E-state index contributed by atoms with van der Waals surface area (Å²) in [6.07, 6.45) is 4.54. The highest BCUT2D eigenvalue weighted by Crippen LogP contribution is 2.11. The summed E-state index contributed by atoms with van der Waals surface area (Å²) in [6, 6.07) is 18.0. The Morgan fingerprint density at radius 1 is 1.15 bits per heavy atom. The van der Waals surface area contributed by atoms with Gasteiger partial charge in [-0.1, -0.05) is 30.3 Å². The van der Waals surface area contributed by atoms with Gasteiger partial charge in [0.1, 0.15) is 0 Å². The normalized spacial score (nSPS) is 12.1. The number of likely N-dealkylation sites (N-methyl/N-ethyl adjacent to an activating group) is 1. The van der Waals surface area contributed by atoms with Gasteiger partial charge in [0, 0.05) is 36.2 Å². The Labute approximate surface area is 164 Å². The number of H-pyrrole nitrogens is 1. The van der Waals surface area contributed by atoms with Crippen LogP contribution in [-0.4, -0.2) is 47.0 Å². The molecule has 6 heteroatoms. The molecule has 140 valence electrons. The van der Waals surface area contributed by atoms with Crippen molar-refractivity contribution in [3.8, 4) is 5.69 Å². The molecule has 0 bridgehead atoms. The zero-order valence-electron chi connectivity index (χ0n) is 15.6. The van der Waals surface area contributed by atoms with E-state index in [1.54, 1.807) is 6.20 Å². The van der Waals surface area contributed by atoms with Gasteiger partial charge in [0.15, 0.2) is 4.77 Å². The smallest absolute Gasteiger partial charge is 0.251 e. The van der Waals surface area contributed by atoms with Crippen molar-refractivity contribution in [2.45, 2.75) is 12.5 Å². The van der Waals surface area contributed by atoms with Gasteiger partial charge in [0.2, 0.25) is 0 Å². The summed E-state index contributed by atoms with van der Waals surface area (Å²) in [4.78, 5) is 17.6. The third-order valence-corrected chi connectivity index (χ3v) is 4.91. The Morgan fingerprint density at radius 2 is 1.85 bits per heavy atom. The lowest BCUT2D eigenvalue weighted by Crippen LogP contribution is -2.41. The molecular weight excluding hydrogens is 356 g/mol.